The summed E-state index contributed by atoms with van der Waals surface area (Å²) in [6.07, 6.45) is 7.38. The molecule has 0 unspecified atom stereocenters. The number of halogens is 2. The number of primary amides is 1. The van der Waals surface area contributed by atoms with Gasteiger partial charge < -0.3 is 99.0 Å². The summed E-state index contributed by atoms with van der Waals surface area (Å²) in [6.45, 7) is 12.6. The molecular formula is C74H97Cl2N12O20PS2. The number of fused-ring (bicyclic) bond motifs is 6. The number of H-pyrrole nitrogens is 2. The van der Waals surface area contributed by atoms with Gasteiger partial charge in [-0.3, -0.25) is 48.2 Å². The number of aromatic amines is 2. The van der Waals surface area contributed by atoms with Crippen molar-refractivity contribution < 1.29 is 95.1 Å². The third-order valence-corrected chi connectivity index (χ3v) is 22.2. The minimum Gasteiger partial charge on any atom is -0.466 e. The number of urea groups is 1. The number of nitrogens with two attached hydrogens (primary N) is 1. The maximum absolute atomic E-state index is 15.0. The van der Waals surface area contributed by atoms with Crippen LogP contribution < -0.4 is 46.1 Å². The van der Waals surface area contributed by atoms with E-state index in [-0.39, 0.29) is 141 Å². The van der Waals surface area contributed by atoms with Crippen molar-refractivity contribution in [3.05, 3.63) is 88.8 Å². The van der Waals surface area contributed by atoms with Gasteiger partial charge in [-0.05, 0) is 116 Å². The van der Waals surface area contributed by atoms with E-state index in [1.165, 1.54) is 18.2 Å². The molecule has 0 spiro atoms. The van der Waals surface area contributed by atoms with Crippen LogP contribution in [0.5, 0.6) is 11.5 Å². The molecule has 604 valence electrons. The summed E-state index contributed by atoms with van der Waals surface area (Å²) in [7, 11) is -1.41. The minimum atomic E-state index is -4.98. The lowest BCUT2D eigenvalue weighted by Gasteiger charge is -2.69. The highest BCUT2D eigenvalue weighted by atomic mass is 35.5. The Morgan fingerprint density at radius 1 is 0.685 bits per heavy atom. The second kappa shape index (κ2) is 38.6. The molecule has 32 nitrogen and oxygen atoms in total. The van der Waals surface area contributed by atoms with Crippen molar-refractivity contribution in [2.45, 2.75) is 96.7 Å². The van der Waals surface area contributed by atoms with Crippen molar-refractivity contribution in [2.24, 2.45) is 22.5 Å². The second-order valence-corrected chi connectivity index (χ2v) is 31.1. The number of anilines is 3. The largest absolute Gasteiger partial charge is 0.524 e. The number of ether oxygens (including phenoxy) is 8. The molecule has 3 aromatic carbocycles. The number of likely N-dealkylation sites (N-methyl/N-ethyl adjacent to an activating group) is 2. The zero-order valence-corrected chi connectivity index (χ0v) is 66.9. The number of imide groups is 1. The van der Waals surface area contributed by atoms with Gasteiger partial charge in [-0.15, -0.1) is 23.2 Å². The van der Waals surface area contributed by atoms with E-state index in [2.05, 4.69) is 31.2 Å². The monoisotopic (exact) mass is 1640 g/mol. The lowest BCUT2D eigenvalue weighted by molar-refractivity contribution is -0.205. The Labute approximate surface area is 663 Å². The summed E-state index contributed by atoms with van der Waals surface area (Å²) < 4.78 is 62.8. The Bertz CT molecular complexity index is 4290. The van der Waals surface area contributed by atoms with Crippen LogP contribution in [-0.4, -0.2) is 249 Å². The van der Waals surface area contributed by atoms with Crippen LogP contribution in [0, 0.1) is 30.6 Å². The maximum atomic E-state index is 15.0. The van der Waals surface area contributed by atoms with E-state index >= 15 is 4.79 Å². The molecular weight excluding hydrogens is 1540 g/mol. The second-order valence-electron chi connectivity index (χ2n) is 28.6. The van der Waals surface area contributed by atoms with Crippen LogP contribution >= 0.6 is 55.5 Å². The van der Waals surface area contributed by atoms with Crippen molar-refractivity contribution in [1.82, 2.24) is 40.6 Å². The molecule has 2 aromatic heterocycles. The molecule has 11 rings (SSSR count). The number of phosphoric ester groups is 1. The molecule has 5 heterocycles. The molecule has 3 fully saturated rings. The lowest BCUT2D eigenvalue weighted by atomic mass is 9.34. The lowest BCUT2D eigenvalue weighted by Crippen LogP contribution is -2.73. The molecule has 10 N–H and O–H groups in total. The first-order valence-electron chi connectivity index (χ1n) is 36.7. The summed E-state index contributed by atoms with van der Waals surface area (Å²) >= 11 is 24.8. The number of hydrogen-bond acceptors (Lipinski definition) is 20. The molecule has 4 atom stereocenters. The van der Waals surface area contributed by atoms with Crippen molar-refractivity contribution in [3.8, 4) is 11.5 Å². The van der Waals surface area contributed by atoms with Gasteiger partial charge in [0.05, 0.1) is 119 Å². The summed E-state index contributed by atoms with van der Waals surface area (Å²) in [5.74, 6) is -2.61. The van der Waals surface area contributed by atoms with E-state index in [0.717, 1.165) is 38.1 Å². The number of alkyl halides is 2. The number of nitrogens with one attached hydrogen (secondary N) is 6. The van der Waals surface area contributed by atoms with Crippen molar-refractivity contribution >= 4 is 152 Å². The number of nitrogens with zero attached hydrogens (tertiary/aromatic N) is 5. The first-order valence-corrected chi connectivity index (χ1v) is 40.1. The number of carbonyl (C=O) groups excluding carboxylic acids is 8. The summed E-state index contributed by atoms with van der Waals surface area (Å²) in [5.41, 5.74) is 10.5. The Balaban J connectivity index is 0.631. The van der Waals surface area contributed by atoms with Crippen LogP contribution in [0.1, 0.15) is 92.0 Å². The van der Waals surface area contributed by atoms with Gasteiger partial charge in [-0.25, -0.2) is 9.36 Å². The molecule has 3 aliphatic heterocycles. The number of thiocarbonyl (C=S) groups is 2. The Morgan fingerprint density at radius 2 is 1.16 bits per heavy atom. The van der Waals surface area contributed by atoms with Crippen LogP contribution in [0.25, 0.3) is 21.8 Å². The quantitative estimate of drug-likeness (QED) is 0.00669. The SMILES string of the molecule is Cc1c[nH]c2c(OC(=S)N(C)CCN(C)C(=S)OCc3ccc(NC(=O)[C@H](CCCNC(N)=O)NC(=O)[C@@H](NC(=O)CCOCCOCCOCCOCCOCCOCCN4C(=O)C=CC4=O)C(C)C)cc3)cc3c(c12)[C@H](CCl)CN3C(=O)C12CC(C(=O)N3C[C@@H](CCl)c4c3cc(OP(=O)(O)O)c3[nH]cc(C)c43)(C1)C2. The number of aromatic nitrogens is 2. The van der Waals surface area contributed by atoms with Crippen LogP contribution in [0.3, 0.4) is 0 Å². The van der Waals surface area contributed by atoms with Crippen LogP contribution in [0.4, 0.5) is 21.9 Å². The van der Waals surface area contributed by atoms with Gasteiger partial charge in [0.1, 0.15) is 18.7 Å². The van der Waals surface area contributed by atoms with Crippen LogP contribution in [0.2, 0.25) is 0 Å². The minimum absolute atomic E-state index is 0.0410. The fourth-order valence-electron chi connectivity index (χ4n) is 14.6. The number of rotatable bonds is 43. The topological polar surface area (TPSA) is 399 Å². The fraction of sp³-hybridized carbons (Fsp3) is 0.541. The third-order valence-electron chi connectivity index (χ3n) is 20.2. The molecule has 0 saturated heterocycles. The fourth-order valence-corrected chi connectivity index (χ4v) is 15.8. The Hall–Kier alpha value is -8.09. The number of hydrogen-bond donors (Lipinski definition) is 9. The number of aryl methyl sites for hydroxylation is 2. The normalized spacial score (nSPS) is 18.7. The average Bonchev–Trinajstić information content (AvgIpc) is 1.58. The highest BCUT2D eigenvalue weighted by Gasteiger charge is 2.76. The summed E-state index contributed by atoms with van der Waals surface area (Å²) in [5, 5.41) is 12.8. The van der Waals surface area contributed by atoms with Crippen molar-refractivity contribution in [2.75, 3.05) is 160 Å². The maximum Gasteiger partial charge on any atom is 0.524 e. The molecule has 0 radical (unpaired) electrons. The number of amides is 9. The standard InChI is InChI=1S/C74H97Cl2N12O20PS2/c1-44(2)63(83-56(89)15-20-100-22-24-102-26-28-104-30-31-105-29-27-103-25-23-101-21-19-86-57(90)13-14-58(86)91)67(93)82-51(8-7-16-78-70(77)96)66(92)81-50-11-9-47(10-12-50)40-106-71(110)84(5)17-18-85(6)72(111)107-54-32-52-61(59-45(3)36-79-64(54)59)48(34-75)38-87(52)68(94)73-41-74(42-73,43-73)69(95)88-39-49(35-76)62-53(88)33-55(108-109(97,98)99)65-60(62)46(4)37-80-65/h9-14,32-33,36-37,44,48-49,51,63,79-80H,7-8,15-31,34-35,38-43H2,1-6H3,(H,81,92)(H,82,93)(H,83,89)(H3,77,78,96)(H2,97,98,99)/t48-,49-,51+,63+,73?,74?/m1/s1. The molecule has 111 heavy (non-hydrogen) atoms. The summed E-state index contributed by atoms with van der Waals surface area (Å²) in [6, 6.07) is 7.37. The van der Waals surface area contributed by atoms with Crippen molar-refractivity contribution in [1.29, 1.82) is 0 Å². The Morgan fingerprint density at radius 3 is 1.65 bits per heavy atom. The molecule has 3 aliphatic carbocycles. The van der Waals surface area contributed by atoms with E-state index in [9.17, 15) is 47.9 Å². The van der Waals surface area contributed by atoms with E-state index in [1.54, 1.807) is 78.0 Å². The van der Waals surface area contributed by atoms with Gasteiger partial charge in [-0.2, -0.15) is 0 Å². The molecule has 2 bridgehead atoms. The first-order chi connectivity index (χ1) is 53.1. The van der Waals surface area contributed by atoms with Gasteiger partial charge >= 0.3 is 13.9 Å². The van der Waals surface area contributed by atoms with Gasteiger partial charge in [0.15, 0.2) is 11.5 Å². The first kappa shape index (κ1) is 85.3. The number of benzene rings is 3. The van der Waals surface area contributed by atoms with Gasteiger partial charge in [0.25, 0.3) is 22.2 Å². The number of phosphoric acid groups is 1. The zero-order valence-electron chi connectivity index (χ0n) is 62.8. The van der Waals surface area contributed by atoms with Gasteiger partial charge in [0.2, 0.25) is 29.5 Å². The smallest absolute Gasteiger partial charge is 0.466 e. The Kier molecular flexibility index (Phi) is 29.7. The molecule has 37 heteroatoms. The summed E-state index contributed by atoms with van der Waals surface area (Å²) in [4.78, 5) is 139. The predicted octanol–water partition coefficient (Wildman–Crippen LogP) is 6.40. The van der Waals surface area contributed by atoms with E-state index in [0.29, 0.717) is 131 Å². The molecule has 6 aliphatic rings. The van der Waals surface area contributed by atoms with E-state index < -0.39 is 54.5 Å². The van der Waals surface area contributed by atoms with Gasteiger partial charge in [0, 0.05) is 130 Å². The van der Waals surface area contributed by atoms with Gasteiger partial charge in [-0.1, -0.05) is 26.0 Å². The molecule has 3 saturated carbocycles. The van der Waals surface area contributed by atoms with Crippen molar-refractivity contribution in [3.63, 3.8) is 0 Å². The highest BCUT2D eigenvalue weighted by molar-refractivity contribution is 7.80. The predicted molar refractivity (Wildman–Crippen MR) is 421 cm³/mol. The third kappa shape index (κ3) is 21.0. The highest BCUT2D eigenvalue weighted by Crippen LogP contribution is 2.75. The average molecular weight is 1640 g/mol. The molecule has 5 aromatic rings. The van der Waals surface area contributed by atoms with Crippen LogP contribution in [-0.2, 0) is 77.9 Å². The van der Waals surface area contributed by atoms with E-state index in [1.807, 2.05) is 26.1 Å². The zero-order chi connectivity index (χ0) is 79.9. The number of carbonyl (C=O) groups is 8. The molecule has 9 amide bonds. The van der Waals surface area contributed by atoms with E-state index in [4.69, 9.17) is 95.8 Å². The van der Waals surface area contributed by atoms with Crippen LogP contribution in [0.15, 0.2) is 60.9 Å².